The predicted octanol–water partition coefficient (Wildman–Crippen LogP) is 0.414. The van der Waals surface area contributed by atoms with E-state index in [9.17, 15) is 0 Å². The zero-order chi connectivity index (χ0) is 9.97. The summed E-state index contributed by atoms with van der Waals surface area (Å²) in [7, 11) is 0. The van der Waals surface area contributed by atoms with E-state index in [2.05, 4.69) is 4.98 Å². The van der Waals surface area contributed by atoms with E-state index < -0.39 is 0 Å². The quantitative estimate of drug-likeness (QED) is 0.714. The Kier molecular flexibility index (Phi) is 2.41. The summed E-state index contributed by atoms with van der Waals surface area (Å²) in [6, 6.07) is 3.40. The third kappa shape index (κ3) is 1.88. The Labute approximate surface area is 82.0 Å². The first-order valence-corrected chi connectivity index (χ1v) is 4.52. The van der Waals surface area contributed by atoms with Crippen LogP contribution in [0.5, 0.6) is 5.88 Å². The zero-order valence-corrected chi connectivity index (χ0v) is 7.77. The standard InChI is InChI=1S/C9H13N3O2/c10-7-1-2-8(12-9(7)11)14-6-3-4-13-5-6/h1-2,6H,3-5,10H2,(H2,11,12). The lowest BCUT2D eigenvalue weighted by Crippen LogP contribution is -2.16. The minimum atomic E-state index is 0.0884. The van der Waals surface area contributed by atoms with Crippen LogP contribution in [0.2, 0.25) is 0 Å². The van der Waals surface area contributed by atoms with Gasteiger partial charge in [0.25, 0.3) is 0 Å². The lowest BCUT2D eigenvalue weighted by Gasteiger charge is -2.11. The Morgan fingerprint density at radius 1 is 1.43 bits per heavy atom. The summed E-state index contributed by atoms with van der Waals surface area (Å²) < 4.78 is 10.7. The van der Waals surface area contributed by atoms with Gasteiger partial charge in [0.15, 0.2) is 5.82 Å². The van der Waals surface area contributed by atoms with Crippen molar-refractivity contribution in [1.29, 1.82) is 0 Å². The molecule has 1 atom stereocenters. The first-order chi connectivity index (χ1) is 6.75. The number of aromatic nitrogens is 1. The molecule has 1 aliphatic heterocycles. The van der Waals surface area contributed by atoms with Gasteiger partial charge < -0.3 is 20.9 Å². The Morgan fingerprint density at radius 2 is 2.29 bits per heavy atom. The number of pyridine rings is 1. The Hall–Kier alpha value is -1.49. The van der Waals surface area contributed by atoms with Crippen LogP contribution in [0.3, 0.4) is 0 Å². The highest BCUT2D eigenvalue weighted by Gasteiger charge is 2.17. The molecular weight excluding hydrogens is 182 g/mol. The largest absolute Gasteiger partial charge is 0.472 e. The van der Waals surface area contributed by atoms with Gasteiger partial charge in [0, 0.05) is 12.5 Å². The van der Waals surface area contributed by atoms with Gasteiger partial charge in [-0.3, -0.25) is 0 Å². The molecule has 4 N–H and O–H groups in total. The second-order valence-corrected chi connectivity index (χ2v) is 3.23. The fourth-order valence-electron chi connectivity index (χ4n) is 1.31. The smallest absolute Gasteiger partial charge is 0.215 e. The van der Waals surface area contributed by atoms with Crippen molar-refractivity contribution in [3.63, 3.8) is 0 Å². The molecule has 14 heavy (non-hydrogen) atoms. The maximum atomic E-state index is 5.55. The third-order valence-corrected chi connectivity index (χ3v) is 2.11. The van der Waals surface area contributed by atoms with Crippen molar-refractivity contribution in [3.05, 3.63) is 12.1 Å². The first-order valence-electron chi connectivity index (χ1n) is 4.52. The van der Waals surface area contributed by atoms with Gasteiger partial charge in [-0.05, 0) is 6.07 Å². The van der Waals surface area contributed by atoms with Crippen molar-refractivity contribution in [2.24, 2.45) is 0 Å². The molecule has 1 saturated heterocycles. The fraction of sp³-hybridized carbons (Fsp3) is 0.444. The highest BCUT2D eigenvalue weighted by molar-refractivity contribution is 5.58. The lowest BCUT2D eigenvalue weighted by molar-refractivity contribution is 0.138. The monoisotopic (exact) mass is 195 g/mol. The molecule has 2 rings (SSSR count). The number of anilines is 2. The molecule has 76 valence electrons. The summed E-state index contributed by atoms with van der Waals surface area (Å²) in [6.45, 7) is 1.36. The van der Waals surface area contributed by atoms with Crippen LogP contribution in [-0.4, -0.2) is 24.3 Å². The molecule has 1 aromatic rings. The highest BCUT2D eigenvalue weighted by atomic mass is 16.5. The minimum Gasteiger partial charge on any atom is -0.472 e. The van der Waals surface area contributed by atoms with Crippen LogP contribution in [0.15, 0.2) is 12.1 Å². The molecule has 1 aromatic heterocycles. The SMILES string of the molecule is Nc1ccc(OC2CCOC2)nc1N. The number of ether oxygens (including phenoxy) is 2. The van der Waals surface area contributed by atoms with Gasteiger partial charge in [-0.25, -0.2) is 0 Å². The molecule has 0 bridgehead atoms. The van der Waals surface area contributed by atoms with Crippen LogP contribution < -0.4 is 16.2 Å². The Bertz CT molecular complexity index is 324. The van der Waals surface area contributed by atoms with Gasteiger partial charge in [-0.15, -0.1) is 0 Å². The molecule has 0 saturated carbocycles. The predicted molar refractivity (Wildman–Crippen MR) is 52.9 cm³/mol. The number of nitrogens with zero attached hydrogens (tertiary/aromatic N) is 1. The van der Waals surface area contributed by atoms with Gasteiger partial charge in [-0.1, -0.05) is 0 Å². The number of nitrogens with two attached hydrogens (primary N) is 2. The minimum absolute atomic E-state index is 0.0884. The van der Waals surface area contributed by atoms with Gasteiger partial charge in [0.05, 0.1) is 18.9 Å². The summed E-state index contributed by atoms with van der Waals surface area (Å²) >= 11 is 0. The van der Waals surface area contributed by atoms with Crippen molar-refractivity contribution in [1.82, 2.24) is 4.98 Å². The van der Waals surface area contributed by atoms with Crippen LogP contribution in [-0.2, 0) is 4.74 Å². The first kappa shape index (κ1) is 9.08. The van der Waals surface area contributed by atoms with E-state index in [0.29, 0.717) is 24.0 Å². The second kappa shape index (κ2) is 3.71. The summed E-state index contributed by atoms with van der Waals surface area (Å²) in [6.07, 6.45) is 0.983. The van der Waals surface area contributed by atoms with Crippen LogP contribution in [0.4, 0.5) is 11.5 Å². The van der Waals surface area contributed by atoms with Crippen molar-refractivity contribution in [2.45, 2.75) is 12.5 Å². The molecular formula is C9H13N3O2. The summed E-state index contributed by atoms with van der Waals surface area (Å²) in [5.74, 6) is 0.814. The van der Waals surface area contributed by atoms with Crippen LogP contribution in [0.1, 0.15) is 6.42 Å². The van der Waals surface area contributed by atoms with E-state index in [1.54, 1.807) is 12.1 Å². The van der Waals surface area contributed by atoms with Crippen LogP contribution in [0, 0.1) is 0 Å². The van der Waals surface area contributed by atoms with Crippen molar-refractivity contribution >= 4 is 11.5 Å². The third-order valence-electron chi connectivity index (χ3n) is 2.11. The maximum Gasteiger partial charge on any atom is 0.215 e. The molecule has 0 spiro atoms. The molecule has 1 aliphatic rings. The molecule has 0 amide bonds. The normalized spacial score (nSPS) is 21.0. The van der Waals surface area contributed by atoms with E-state index >= 15 is 0 Å². The lowest BCUT2D eigenvalue weighted by atomic mass is 10.3. The van der Waals surface area contributed by atoms with E-state index in [1.807, 2.05) is 0 Å². The van der Waals surface area contributed by atoms with Crippen molar-refractivity contribution in [3.8, 4) is 5.88 Å². The number of hydrogen-bond donors (Lipinski definition) is 2. The molecule has 5 nitrogen and oxygen atoms in total. The fourth-order valence-corrected chi connectivity index (χ4v) is 1.31. The van der Waals surface area contributed by atoms with Crippen molar-refractivity contribution in [2.75, 3.05) is 24.7 Å². The molecule has 5 heteroatoms. The Balaban J connectivity index is 2.05. The van der Waals surface area contributed by atoms with Crippen molar-refractivity contribution < 1.29 is 9.47 Å². The second-order valence-electron chi connectivity index (χ2n) is 3.23. The summed E-state index contributed by atoms with van der Waals surface area (Å²) in [5.41, 5.74) is 11.5. The molecule has 1 unspecified atom stereocenters. The average Bonchev–Trinajstić information content (AvgIpc) is 2.64. The molecule has 0 aromatic carbocycles. The maximum absolute atomic E-state index is 5.55. The van der Waals surface area contributed by atoms with Gasteiger partial charge in [0.2, 0.25) is 5.88 Å². The molecule has 0 radical (unpaired) electrons. The Morgan fingerprint density at radius 3 is 2.93 bits per heavy atom. The van der Waals surface area contributed by atoms with Gasteiger partial charge >= 0.3 is 0 Å². The summed E-state index contributed by atoms with van der Waals surface area (Å²) in [4.78, 5) is 4.01. The van der Waals surface area contributed by atoms with Crippen LogP contribution >= 0.6 is 0 Å². The van der Waals surface area contributed by atoms with Crippen LogP contribution in [0.25, 0.3) is 0 Å². The summed E-state index contributed by atoms with van der Waals surface area (Å²) in [5, 5.41) is 0. The van der Waals surface area contributed by atoms with E-state index in [0.717, 1.165) is 13.0 Å². The molecule has 0 aliphatic carbocycles. The number of nitrogen functional groups attached to an aromatic ring is 2. The van der Waals surface area contributed by atoms with E-state index in [1.165, 1.54) is 0 Å². The number of hydrogen-bond acceptors (Lipinski definition) is 5. The highest BCUT2D eigenvalue weighted by Crippen LogP contribution is 2.19. The molecule has 1 fully saturated rings. The number of rotatable bonds is 2. The molecule has 2 heterocycles. The average molecular weight is 195 g/mol. The van der Waals surface area contributed by atoms with E-state index in [4.69, 9.17) is 20.9 Å². The van der Waals surface area contributed by atoms with E-state index in [-0.39, 0.29) is 6.10 Å². The van der Waals surface area contributed by atoms with Gasteiger partial charge in [0.1, 0.15) is 6.10 Å². The van der Waals surface area contributed by atoms with Gasteiger partial charge in [-0.2, -0.15) is 4.98 Å². The topological polar surface area (TPSA) is 83.4 Å². The zero-order valence-electron chi connectivity index (χ0n) is 7.77.